The molecule has 0 bridgehead atoms. The topological polar surface area (TPSA) is 55.1 Å². The minimum atomic E-state index is -0.699. The van der Waals surface area contributed by atoms with Crippen molar-refractivity contribution in [2.75, 3.05) is 0 Å². The van der Waals surface area contributed by atoms with Gasteiger partial charge in [0.1, 0.15) is 17.4 Å². The molecule has 0 radical (unpaired) electrons. The van der Waals surface area contributed by atoms with Crippen molar-refractivity contribution in [1.82, 2.24) is 10.3 Å². The lowest BCUT2D eigenvalue weighted by Crippen LogP contribution is -2.28. The third-order valence-electron chi connectivity index (χ3n) is 4.61. The Bertz CT molecular complexity index is 981. The van der Waals surface area contributed by atoms with Gasteiger partial charge in [0, 0.05) is 23.1 Å². The van der Waals surface area contributed by atoms with E-state index in [1.807, 2.05) is 30.3 Å². The molecule has 4 rings (SSSR count). The third-order valence-corrected chi connectivity index (χ3v) is 4.61. The maximum Gasteiger partial charge on any atom is 0.274 e. The average molecular weight is 368 g/mol. The number of nitrogens with zero attached hydrogens (tertiary/aromatic N) is 1. The highest BCUT2D eigenvalue weighted by atomic mass is 19.1. The molecule has 1 unspecified atom stereocenters. The van der Waals surface area contributed by atoms with Crippen LogP contribution in [0.1, 0.15) is 53.5 Å². The number of nitrogens with one attached hydrogen (secondary N) is 1. The molecular formula is C21H18F2N2O2. The maximum atomic E-state index is 14.0. The van der Waals surface area contributed by atoms with Crippen LogP contribution in [0.15, 0.2) is 52.9 Å². The fourth-order valence-electron chi connectivity index (χ4n) is 3.02. The van der Waals surface area contributed by atoms with Crippen molar-refractivity contribution in [3.8, 4) is 11.5 Å². The van der Waals surface area contributed by atoms with Crippen LogP contribution in [-0.4, -0.2) is 10.9 Å². The Labute approximate surface area is 155 Å². The zero-order valence-corrected chi connectivity index (χ0v) is 14.7. The molecule has 0 aliphatic heterocycles. The number of halogens is 2. The average Bonchev–Trinajstić information content (AvgIpc) is 3.40. The summed E-state index contributed by atoms with van der Waals surface area (Å²) in [7, 11) is 0. The molecule has 3 aromatic rings. The number of benzene rings is 2. The van der Waals surface area contributed by atoms with E-state index in [0.717, 1.165) is 24.5 Å². The molecule has 1 aromatic heterocycles. The van der Waals surface area contributed by atoms with Crippen molar-refractivity contribution in [2.24, 2.45) is 0 Å². The van der Waals surface area contributed by atoms with E-state index >= 15 is 0 Å². The van der Waals surface area contributed by atoms with E-state index in [1.165, 1.54) is 12.1 Å². The smallest absolute Gasteiger partial charge is 0.274 e. The lowest BCUT2D eigenvalue weighted by molar-refractivity contribution is 0.0933. The second-order valence-corrected chi connectivity index (χ2v) is 6.73. The summed E-state index contributed by atoms with van der Waals surface area (Å²) in [6.07, 6.45) is 1.90. The highest BCUT2D eigenvalue weighted by molar-refractivity contribution is 5.94. The summed E-state index contributed by atoms with van der Waals surface area (Å²) in [6.45, 7) is 1.64. The molecule has 0 spiro atoms. The van der Waals surface area contributed by atoms with Crippen LogP contribution in [0.2, 0.25) is 0 Å². The number of oxazole rings is 1. The van der Waals surface area contributed by atoms with Crippen LogP contribution >= 0.6 is 0 Å². The fourth-order valence-corrected chi connectivity index (χ4v) is 3.02. The van der Waals surface area contributed by atoms with Crippen molar-refractivity contribution in [1.29, 1.82) is 0 Å². The van der Waals surface area contributed by atoms with Crippen LogP contribution in [0, 0.1) is 11.6 Å². The summed E-state index contributed by atoms with van der Waals surface area (Å²) in [5.41, 5.74) is 1.23. The van der Waals surface area contributed by atoms with Gasteiger partial charge in [-0.15, -0.1) is 0 Å². The van der Waals surface area contributed by atoms with E-state index in [2.05, 4.69) is 10.3 Å². The molecule has 1 fully saturated rings. The molecule has 2 aromatic carbocycles. The lowest BCUT2D eigenvalue weighted by atomic mass is 10.1. The Morgan fingerprint density at radius 3 is 2.59 bits per heavy atom. The van der Waals surface area contributed by atoms with Gasteiger partial charge in [-0.1, -0.05) is 24.3 Å². The first-order chi connectivity index (χ1) is 13.0. The lowest BCUT2D eigenvalue weighted by Gasteiger charge is -2.14. The Balaban J connectivity index is 1.60. The van der Waals surface area contributed by atoms with Crippen molar-refractivity contribution in [3.63, 3.8) is 0 Å². The first-order valence-corrected chi connectivity index (χ1v) is 8.85. The predicted molar refractivity (Wildman–Crippen MR) is 96.2 cm³/mol. The van der Waals surface area contributed by atoms with Crippen molar-refractivity contribution in [3.05, 3.63) is 77.2 Å². The van der Waals surface area contributed by atoms with Gasteiger partial charge in [0.25, 0.3) is 5.91 Å². The molecular weight excluding hydrogens is 350 g/mol. The molecule has 6 heteroatoms. The summed E-state index contributed by atoms with van der Waals surface area (Å²) in [5.74, 6) is -0.640. The summed E-state index contributed by atoms with van der Waals surface area (Å²) in [4.78, 5) is 17.2. The second kappa shape index (κ2) is 6.95. The number of rotatable bonds is 5. The van der Waals surface area contributed by atoms with Gasteiger partial charge in [0.15, 0.2) is 5.69 Å². The summed E-state index contributed by atoms with van der Waals surface area (Å²) in [5, 5.41) is 2.74. The molecule has 1 atom stereocenters. The van der Waals surface area contributed by atoms with Crippen LogP contribution in [0.3, 0.4) is 0 Å². The van der Waals surface area contributed by atoms with Crippen LogP contribution in [0.4, 0.5) is 8.78 Å². The Kier molecular flexibility index (Phi) is 4.48. The quantitative estimate of drug-likeness (QED) is 0.690. The van der Waals surface area contributed by atoms with E-state index in [4.69, 9.17) is 4.42 Å². The molecule has 1 N–H and O–H groups in total. The molecule has 1 amide bonds. The highest BCUT2D eigenvalue weighted by Crippen LogP contribution is 2.43. The maximum absolute atomic E-state index is 14.0. The SMILES string of the molecule is CC(NC(=O)c1nc(-c2ccccc2)oc1C1CC1)c1ccc(F)cc1F. The van der Waals surface area contributed by atoms with Crippen LogP contribution < -0.4 is 5.32 Å². The van der Waals surface area contributed by atoms with Crippen LogP contribution in [-0.2, 0) is 0 Å². The Hall–Kier alpha value is -3.02. The second-order valence-electron chi connectivity index (χ2n) is 6.73. The monoisotopic (exact) mass is 368 g/mol. The van der Waals surface area contributed by atoms with Gasteiger partial charge in [-0.3, -0.25) is 4.79 Å². The van der Waals surface area contributed by atoms with Gasteiger partial charge in [-0.2, -0.15) is 0 Å². The van der Waals surface area contributed by atoms with Gasteiger partial charge in [0.05, 0.1) is 6.04 Å². The van der Waals surface area contributed by atoms with Gasteiger partial charge >= 0.3 is 0 Å². The third kappa shape index (κ3) is 3.60. The normalized spacial score (nSPS) is 14.8. The predicted octanol–water partition coefficient (Wildman–Crippen LogP) is 4.99. The standard InChI is InChI=1S/C21H18F2N2O2/c1-12(16-10-9-15(22)11-17(16)23)24-20(26)18-19(13-7-8-13)27-21(25-18)14-5-3-2-4-6-14/h2-6,9-13H,7-8H2,1H3,(H,24,26). The van der Waals surface area contributed by atoms with Crippen LogP contribution in [0.25, 0.3) is 11.5 Å². The minimum Gasteiger partial charge on any atom is -0.440 e. The molecule has 27 heavy (non-hydrogen) atoms. The zero-order chi connectivity index (χ0) is 19.0. The van der Waals surface area contributed by atoms with Gasteiger partial charge in [-0.25, -0.2) is 13.8 Å². The number of carbonyl (C=O) groups is 1. The first kappa shape index (κ1) is 17.4. The molecule has 1 aliphatic rings. The Morgan fingerprint density at radius 2 is 1.93 bits per heavy atom. The van der Waals surface area contributed by atoms with E-state index in [-0.39, 0.29) is 17.2 Å². The van der Waals surface area contributed by atoms with Gasteiger partial charge in [0.2, 0.25) is 5.89 Å². The number of hydrogen-bond acceptors (Lipinski definition) is 3. The molecule has 1 heterocycles. The van der Waals surface area contributed by atoms with E-state index in [1.54, 1.807) is 6.92 Å². The minimum absolute atomic E-state index is 0.188. The summed E-state index contributed by atoms with van der Waals surface area (Å²) < 4.78 is 32.9. The van der Waals surface area contributed by atoms with Crippen molar-refractivity contribution in [2.45, 2.75) is 31.7 Å². The number of hydrogen-bond donors (Lipinski definition) is 1. The van der Waals surface area contributed by atoms with Crippen molar-refractivity contribution >= 4 is 5.91 Å². The van der Waals surface area contributed by atoms with Gasteiger partial charge in [-0.05, 0) is 38.0 Å². The number of aromatic nitrogens is 1. The molecule has 0 saturated heterocycles. The van der Waals surface area contributed by atoms with Crippen molar-refractivity contribution < 1.29 is 18.0 Å². The molecule has 1 aliphatic carbocycles. The largest absolute Gasteiger partial charge is 0.440 e. The molecule has 1 saturated carbocycles. The number of carbonyl (C=O) groups excluding carboxylic acids is 1. The summed E-state index contributed by atoms with van der Waals surface area (Å²) >= 11 is 0. The van der Waals surface area contributed by atoms with Gasteiger partial charge < -0.3 is 9.73 Å². The molecule has 4 nitrogen and oxygen atoms in total. The highest BCUT2D eigenvalue weighted by Gasteiger charge is 2.34. The first-order valence-electron chi connectivity index (χ1n) is 8.85. The van der Waals surface area contributed by atoms with E-state index in [0.29, 0.717) is 11.7 Å². The van der Waals surface area contributed by atoms with Crippen LogP contribution in [0.5, 0.6) is 0 Å². The zero-order valence-electron chi connectivity index (χ0n) is 14.7. The fraction of sp³-hybridized carbons (Fsp3) is 0.238. The molecule has 138 valence electrons. The van der Waals surface area contributed by atoms with E-state index in [9.17, 15) is 13.6 Å². The number of amides is 1. The van der Waals surface area contributed by atoms with E-state index < -0.39 is 23.6 Å². The Morgan fingerprint density at radius 1 is 1.19 bits per heavy atom. The summed E-state index contributed by atoms with van der Waals surface area (Å²) in [6, 6.07) is 12.0.